The molecule has 0 spiro atoms. The topological polar surface area (TPSA) is 55.0 Å². The van der Waals surface area contributed by atoms with Crippen molar-refractivity contribution >= 4 is 23.4 Å². The van der Waals surface area contributed by atoms with Crippen LogP contribution in [0.4, 0.5) is 0 Å². The Bertz CT molecular complexity index is 700. The van der Waals surface area contributed by atoms with Gasteiger partial charge in [-0.3, -0.25) is 4.79 Å². The van der Waals surface area contributed by atoms with E-state index in [9.17, 15) is 4.79 Å². The first-order chi connectivity index (χ1) is 9.19. The monoisotopic (exact) mass is 294 g/mol. The molecule has 0 bridgehead atoms. The lowest BCUT2D eigenvalue weighted by Crippen LogP contribution is -2.15. The predicted molar refractivity (Wildman–Crippen MR) is 76.9 cm³/mol. The number of rotatable bonds is 2. The zero-order valence-electron chi connectivity index (χ0n) is 10.2. The van der Waals surface area contributed by atoms with Crippen LogP contribution in [0, 0.1) is 0 Å². The number of fused-ring (bicyclic) bond motifs is 1. The van der Waals surface area contributed by atoms with Gasteiger partial charge in [-0.05, 0) is 18.2 Å². The number of halogens is 1. The summed E-state index contributed by atoms with van der Waals surface area (Å²) < 4.78 is 5.29. The van der Waals surface area contributed by atoms with Crippen molar-refractivity contribution in [3.63, 3.8) is 0 Å². The molecular weight excluding hydrogens is 284 g/mol. The SMILES string of the molecule is COc1cc(Cl)ccc1-c1nc2c(c(=O)[nH]1)CSC2. The maximum Gasteiger partial charge on any atom is 0.255 e. The summed E-state index contributed by atoms with van der Waals surface area (Å²) >= 11 is 7.63. The van der Waals surface area contributed by atoms with Gasteiger partial charge in [0.25, 0.3) is 5.56 Å². The van der Waals surface area contributed by atoms with E-state index in [1.165, 1.54) is 0 Å². The molecule has 1 aromatic heterocycles. The van der Waals surface area contributed by atoms with Crippen LogP contribution in [0.25, 0.3) is 11.4 Å². The second kappa shape index (κ2) is 4.90. The molecule has 0 saturated heterocycles. The molecule has 98 valence electrons. The lowest BCUT2D eigenvalue weighted by molar-refractivity contribution is 0.416. The molecule has 0 amide bonds. The van der Waals surface area contributed by atoms with Crippen molar-refractivity contribution in [2.24, 2.45) is 0 Å². The van der Waals surface area contributed by atoms with E-state index in [2.05, 4.69) is 9.97 Å². The van der Waals surface area contributed by atoms with Crippen LogP contribution in [-0.4, -0.2) is 17.1 Å². The fourth-order valence-corrected chi connectivity index (χ4v) is 3.25. The van der Waals surface area contributed by atoms with Gasteiger partial charge in [-0.2, -0.15) is 11.8 Å². The van der Waals surface area contributed by atoms with Crippen molar-refractivity contribution in [1.29, 1.82) is 0 Å². The lowest BCUT2D eigenvalue weighted by Gasteiger charge is -2.09. The van der Waals surface area contributed by atoms with E-state index < -0.39 is 0 Å². The predicted octanol–water partition coefficient (Wildman–Crippen LogP) is 2.85. The van der Waals surface area contributed by atoms with E-state index in [1.807, 2.05) is 0 Å². The normalized spacial score (nSPS) is 13.4. The van der Waals surface area contributed by atoms with Gasteiger partial charge in [0, 0.05) is 22.1 Å². The first-order valence-corrected chi connectivity index (χ1v) is 7.26. The molecule has 1 aliphatic rings. The van der Waals surface area contributed by atoms with Crippen molar-refractivity contribution in [2.75, 3.05) is 7.11 Å². The molecule has 6 heteroatoms. The molecule has 0 aliphatic carbocycles. The molecular formula is C13H11ClN2O2S. The average molecular weight is 295 g/mol. The first kappa shape index (κ1) is 12.6. The molecule has 0 atom stereocenters. The maximum atomic E-state index is 12.0. The van der Waals surface area contributed by atoms with Gasteiger partial charge >= 0.3 is 0 Å². The van der Waals surface area contributed by atoms with Gasteiger partial charge in [0.05, 0.1) is 18.4 Å². The molecule has 2 heterocycles. The summed E-state index contributed by atoms with van der Waals surface area (Å²) in [5.74, 6) is 2.64. The van der Waals surface area contributed by atoms with Crippen LogP contribution in [-0.2, 0) is 11.5 Å². The number of nitrogens with one attached hydrogen (secondary N) is 1. The molecule has 0 fully saturated rings. The first-order valence-electron chi connectivity index (χ1n) is 5.73. The Morgan fingerprint density at radius 2 is 2.26 bits per heavy atom. The smallest absolute Gasteiger partial charge is 0.255 e. The lowest BCUT2D eigenvalue weighted by atomic mass is 10.1. The van der Waals surface area contributed by atoms with Gasteiger partial charge in [-0.1, -0.05) is 11.6 Å². The Morgan fingerprint density at radius 1 is 1.42 bits per heavy atom. The summed E-state index contributed by atoms with van der Waals surface area (Å²) in [4.78, 5) is 19.3. The molecule has 19 heavy (non-hydrogen) atoms. The molecule has 3 rings (SSSR count). The second-order valence-corrected chi connectivity index (χ2v) is 5.60. The van der Waals surface area contributed by atoms with Crippen LogP contribution < -0.4 is 10.3 Å². The van der Waals surface area contributed by atoms with Crippen LogP contribution in [0.1, 0.15) is 11.3 Å². The highest BCUT2D eigenvalue weighted by Crippen LogP contribution is 2.32. The Morgan fingerprint density at radius 3 is 3.05 bits per heavy atom. The fraction of sp³-hybridized carbons (Fsp3) is 0.231. The minimum Gasteiger partial charge on any atom is -0.496 e. The number of aromatic nitrogens is 2. The van der Waals surface area contributed by atoms with Gasteiger partial charge < -0.3 is 9.72 Å². The Labute approximate surface area is 119 Å². The number of nitrogens with zero attached hydrogens (tertiary/aromatic N) is 1. The van der Waals surface area contributed by atoms with Crippen molar-refractivity contribution in [1.82, 2.24) is 9.97 Å². The number of methoxy groups -OCH3 is 1. The molecule has 0 radical (unpaired) electrons. The molecule has 2 aromatic rings. The Kier molecular flexibility index (Phi) is 3.24. The van der Waals surface area contributed by atoms with Crippen molar-refractivity contribution < 1.29 is 4.74 Å². The van der Waals surface area contributed by atoms with E-state index >= 15 is 0 Å². The summed E-state index contributed by atoms with van der Waals surface area (Å²) in [6.07, 6.45) is 0. The van der Waals surface area contributed by atoms with Crippen LogP contribution >= 0.6 is 23.4 Å². The molecule has 1 N–H and O–H groups in total. The van der Waals surface area contributed by atoms with E-state index in [4.69, 9.17) is 16.3 Å². The fourth-order valence-electron chi connectivity index (χ4n) is 2.05. The Balaban J connectivity index is 2.18. The van der Waals surface area contributed by atoms with Gasteiger partial charge in [-0.25, -0.2) is 4.98 Å². The maximum absolute atomic E-state index is 12.0. The van der Waals surface area contributed by atoms with Crippen molar-refractivity contribution in [2.45, 2.75) is 11.5 Å². The molecule has 4 nitrogen and oxygen atoms in total. The zero-order valence-corrected chi connectivity index (χ0v) is 11.8. The largest absolute Gasteiger partial charge is 0.496 e. The Hall–Kier alpha value is -1.46. The summed E-state index contributed by atoms with van der Waals surface area (Å²) in [6, 6.07) is 5.26. The minimum absolute atomic E-state index is 0.0676. The second-order valence-electron chi connectivity index (χ2n) is 4.18. The quantitative estimate of drug-likeness (QED) is 0.925. The van der Waals surface area contributed by atoms with E-state index in [0.717, 1.165) is 28.3 Å². The summed E-state index contributed by atoms with van der Waals surface area (Å²) in [5, 5.41) is 0.583. The number of ether oxygens (including phenoxy) is 1. The zero-order chi connectivity index (χ0) is 13.4. The van der Waals surface area contributed by atoms with Gasteiger partial charge in [0.1, 0.15) is 11.6 Å². The molecule has 0 saturated carbocycles. The molecule has 0 unspecified atom stereocenters. The van der Waals surface area contributed by atoms with Crippen LogP contribution in [0.3, 0.4) is 0 Å². The third kappa shape index (κ3) is 2.24. The van der Waals surface area contributed by atoms with Crippen LogP contribution in [0.2, 0.25) is 5.02 Å². The highest BCUT2D eigenvalue weighted by molar-refractivity contribution is 7.98. The highest BCUT2D eigenvalue weighted by Gasteiger charge is 2.19. The number of benzene rings is 1. The van der Waals surface area contributed by atoms with Crippen molar-refractivity contribution in [3.05, 3.63) is 44.8 Å². The highest BCUT2D eigenvalue weighted by atomic mass is 35.5. The third-order valence-corrected chi connectivity index (χ3v) is 4.21. The number of hydrogen-bond donors (Lipinski definition) is 1. The van der Waals surface area contributed by atoms with Crippen LogP contribution in [0.5, 0.6) is 5.75 Å². The van der Waals surface area contributed by atoms with Gasteiger partial charge in [0.15, 0.2) is 0 Å². The van der Waals surface area contributed by atoms with Crippen LogP contribution in [0.15, 0.2) is 23.0 Å². The van der Waals surface area contributed by atoms with Crippen molar-refractivity contribution in [3.8, 4) is 17.1 Å². The number of H-pyrrole nitrogens is 1. The van der Waals surface area contributed by atoms with E-state index in [1.54, 1.807) is 37.1 Å². The minimum atomic E-state index is -0.0676. The molecule has 1 aromatic carbocycles. The van der Waals surface area contributed by atoms with Gasteiger partial charge in [0.2, 0.25) is 0 Å². The van der Waals surface area contributed by atoms with Gasteiger partial charge in [-0.15, -0.1) is 0 Å². The number of hydrogen-bond acceptors (Lipinski definition) is 4. The number of aromatic amines is 1. The summed E-state index contributed by atoms with van der Waals surface area (Å²) in [7, 11) is 1.57. The molecule has 1 aliphatic heterocycles. The summed E-state index contributed by atoms with van der Waals surface area (Å²) in [6.45, 7) is 0. The third-order valence-electron chi connectivity index (χ3n) is 3.01. The standard InChI is InChI=1S/C13H11ClN2O2S/c1-18-11-4-7(14)2-3-8(11)12-15-10-6-19-5-9(10)13(17)16-12/h2-4H,5-6H2,1H3,(H,15,16,17). The average Bonchev–Trinajstić information content (AvgIpc) is 2.87. The number of thioether (sulfide) groups is 1. The summed E-state index contributed by atoms with van der Waals surface area (Å²) in [5.41, 5.74) is 2.31. The van der Waals surface area contributed by atoms with E-state index in [-0.39, 0.29) is 5.56 Å². The van der Waals surface area contributed by atoms with E-state index in [0.29, 0.717) is 16.6 Å².